The zero-order valence-electron chi connectivity index (χ0n) is 16.9. The molecule has 0 saturated heterocycles. The van der Waals surface area contributed by atoms with Crippen LogP contribution < -0.4 is 27.8 Å². The average Bonchev–Trinajstić information content (AvgIpc) is 2.73. The maximum Gasteiger partial charge on any atom is 0.243 e. The lowest BCUT2D eigenvalue weighted by atomic mass is 10.0. The number of hydrogen-bond donors (Lipinski definition) is 5. The van der Waals surface area contributed by atoms with E-state index < -0.39 is 29.9 Å². The van der Waals surface area contributed by atoms with E-state index in [9.17, 15) is 14.4 Å². The molecule has 0 aliphatic rings. The largest absolute Gasteiger partial charge is 0.344 e. The summed E-state index contributed by atoms with van der Waals surface area (Å²) < 4.78 is 0. The Hall–Kier alpha value is -2.29. The first kappa shape index (κ1) is 24.7. The van der Waals surface area contributed by atoms with E-state index in [0.29, 0.717) is 45.2 Å². The molecule has 1 aromatic rings. The molecule has 0 unspecified atom stereocenters. The van der Waals surface area contributed by atoms with Crippen LogP contribution in [0.4, 0.5) is 0 Å². The molecular formula is C21H34N5O3. The highest BCUT2D eigenvalue weighted by Gasteiger charge is 2.25. The highest BCUT2D eigenvalue weighted by molar-refractivity contribution is 5.90. The number of hydrogen-bond acceptors (Lipinski definition) is 6. The minimum atomic E-state index is -0.778. The zero-order valence-corrected chi connectivity index (χ0v) is 16.9. The third kappa shape index (κ3) is 10.2. The van der Waals surface area contributed by atoms with E-state index in [0.717, 1.165) is 18.4 Å². The summed E-state index contributed by atoms with van der Waals surface area (Å²) in [5.41, 5.74) is 17.9. The number of amides is 2. The Bertz CT molecular complexity index is 612. The molecule has 1 rings (SSSR count). The highest BCUT2D eigenvalue weighted by atomic mass is 16.2. The van der Waals surface area contributed by atoms with Gasteiger partial charge in [-0.15, -0.1) is 0 Å². The van der Waals surface area contributed by atoms with E-state index in [4.69, 9.17) is 17.2 Å². The normalized spacial score (nSPS) is 13.9. The van der Waals surface area contributed by atoms with Crippen LogP contribution in [-0.4, -0.2) is 49.3 Å². The Balaban J connectivity index is 2.67. The van der Waals surface area contributed by atoms with Gasteiger partial charge in [0.25, 0.3) is 0 Å². The van der Waals surface area contributed by atoms with Crippen LogP contribution in [0.3, 0.4) is 0 Å². The van der Waals surface area contributed by atoms with Crippen molar-refractivity contribution in [2.24, 2.45) is 17.2 Å². The minimum Gasteiger partial charge on any atom is -0.344 e. The van der Waals surface area contributed by atoms with Crippen molar-refractivity contribution < 1.29 is 14.4 Å². The van der Waals surface area contributed by atoms with Crippen molar-refractivity contribution in [2.45, 2.75) is 63.1 Å². The van der Waals surface area contributed by atoms with E-state index >= 15 is 0 Å². The Kier molecular flexibility index (Phi) is 12.5. The molecule has 0 spiro atoms. The predicted octanol–water partition coefficient (Wildman–Crippen LogP) is -0.106. The number of nitrogens with one attached hydrogen (secondary N) is 2. The maximum atomic E-state index is 12.7. The van der Waals surface area contributed by atoms with E-state index in [1.165, 1.54) is 0 Å². The van der Waals surface area contributed by atoms with Gasteiger partial charge in [-0.3, -0.25) is 14.4 Å². The topological polar surface area (TPSA) is 153 Å². The molecule has 1 aromatic carbocycles. The molecule has 0 aliphatic carbocycles. The Morgan fingerprint density at radius 3 is 2.10 bits per heavy atom. The van der Waals surface area contributed by atoms with Gasteiger partial charge in [-0.2, -0.15) is 0 Å². The fourth-order valence-electron chi connectivity index (χ4n) is 2.93. The van der Waals surface area contributed by atoms with Gasteiger partial charge in [-0.1, -0.05) is 30.3 Å². The van der Waals surface area contributed by atoms with Crippen LogP contribution in [0.15, 0.2) is 30.3 Å². The summed E-state index contributed by atoms with van der Waals surface area (Å²) in [7, 11) is 0. The number of nitrogens with two attached hydrogens (primary N) is 3. The van der Waals surface area contributed by atoms with Gasteiger partial charge >= 0.3 is 0 Å². The molecule has 3 atom stereocenters. The van der Waals surface area contributed by atoms with Crippen LogP contribution in [0.25, 0.3) is 0 Å². The molecule has 0 aromatic heterocycles. The fourth-order valence-corrected chi connectivity index (χ4v) is 2.93. The lowest BCUT2D eigenvalue weighted by Crippen LogP contribution is -2.53. The van der Waals surface area contributed by atoms with Gasteiger partial charge in [0.2, 0.25) is 18.1 Å². The number of carbonyl (C=O) groups is 2. The third-order valence-electron chi connectivity index (χ3n) is 4.62. The second-order valence-electron chi connectivity index (χ2n) is 7.11. The molecule has 29 heavy (non-hydrogen) atoms. The number of unbranched alkanes of at least 4 members (excludes halogenated alkanes) is 2. The quantitative estimate of drug-likeness (QED) is 0.257. The molecule has 0 saturated carbocycles. The molecule has 0 heterocycles. The van der Waals surface area contributed by atoms with Crippen LogP contribution in [-0.2, 0) is 20.8 Å². The van der Waals surface area contributed by atoms with Crippen molar-refractivity contribution in [1.82, 2.24) is 10.6 Å². The van der Waals surface area contributed by atoms with Crippen molar-refractivity contribution in [3.05, 3.63) is 35.9 Å². The van der Waals surface area contributed by atoms with E-state index in [1.807, 2.05) is 36.6 Å². The van der Waals surface area contributed by atoms with Crippen LogP contribution in [0.1, 0.15) is 44.1 Å². The minimum absolute atomic E-state index is 0.369. The first-order valence-electron chi connectivity index (χ1n) is 10.2. The van der Waals surface area contributed by atoms with Crippen LogP contribution in [0.5, 0.6) is 0 Å². The second kappa shape index (κ2) is 14.7. The Morgan fingerprint density at radius 2 is 1.52 bits per heavy atom. The van der Waals surface area contributed by atoms with Crippen molar-refractivity contribution in [3.63, 3.8) is 0 Å². The standard InChI is InChI=1S/C21H34N5O3/c22-12-6-4-10-17(15-27)25-21(29)19(11-5-7-13-23)26-20(28)18(24)14-16-8-2-1-3-9-16/h1-3,8-9,17-19H,4-7,10-14,22-24H2,(H,25,29)(H,26,28)/t17-,18-,19-/m0/s1. The van der Waals surface area contributed by atoms with E-state index in [2.05, 4.69) is 10.6 Å². The van der Waals surface area contributed by atoms with Crippen molar-refractivity contribution in [2.75, 3.05) is 13.1 Å². The van der Waals surface area contributed by atoms with Crippen molar-refractivity contribution in [3.8, 4) is 0 Å². The average molecular weight is 405 g/mol. The van der Waals surface area contributed by atoms with Gasteiger partial charge in [0.15, 0.2) is 0 Å². The number of benzene rings is 1. The van der Waals surface area contributed by atoms with E-state index in [-0.39, 0.29) is 0 Å². The van der Waals surface area contributed by atoms with Gasteiger partial charge in [0, 0.05) is 0 Å². The molecule has 8 heteroatoms. The number of carbonyl (C=O) groups excluding carboxylic acids is 3. The first-order chi connectivity index (χ1) is 14.0. The maximum absolute atomic E-state index is 12.7. The monoisotopic (exact) mass is 404 g/mol. The zero-order chi connectivity index (χ0) is 21.5. The predicted molar refractivity (Wildman–Crippen MR) is 113 cm³/mol. The third-order valence-corrected chi connectivity index (χ3v) is 4.62. The van der Waals surface area contributed by atoms with Gasteiger partial charge in [0.05, 0.1) is 12.1 Å². The van der Waals surface area contributed by atoms with Crippen molar-refractivity contribution >= 4 is 18.1 Å². The van der Waals surface area contributed by atoms with Crippen LogP contribution in [0.2, 0.25) is 0 Å². The van der Waals surface area contributed by atoms with Gasteiger partial charge in [0.1, 0.15) is 6.04 Å². The van der Waals surface area contributed by atoms with Gasteiger partial charge in [-0.05, 0) is 63.6 Å². The number of rotatable bonds is 15. The molecule has 1 radical (unpaired) electrons. The molecule has 161 valence electrons. The van der Waals surface area contributed by atoms with E-state index in [1.54, 1.807) is 0 Å². The summed E-state index contributed by atoms with van der Waals surface area (Å²) in [6.07, 6.45) is 5.97. The first-order valence-corrected chi connectivity index (χ1v) is 10.2. The summed E-state index contributed by atoms with van der Waals surface area (Å²) in [5, 5.41) is 5.38. The summed E-state index contributed by atoms with van der Waals surface area (Å²) in [4.78, 5) is 36.3. The summed E-state index contributed by atoms with van der Waals surface area (Å²) >= 11 is 0. The Labute approximate surface area is 173 Å². The molecule has 0 bridgehead atoms. The smallest absolute Gasteiger partial charge is 0.243 e. The summed E-state index contributed by atoms with van der Waals surface area (Å²) in [6.45, 7) is 1.02. The summed E-state index contributed by atoms with van der Waals surface area (Å²) in [5.74, 6) is -0.820. The van der Waals surface area contributed by atoms with Crippen molar-refractivity contribution in [1.29, 1.82) is 0 Å². The molecule has 8 nitrogen and oxygen atoms in total. The highest BCUT2D eigenvalue weighted by Crippen LogP contribution is 2.06. The molecule has 2 amide bonds. The molecule has 0 fully saturated rings. The lowest BCUT2D eigenvalue weighted by Gasteiger charge is -2.22. The Morgan fingerprint density at radius 1 is 0.897 bits per heavy atom. The van der Waals surface area contributed by atoms with Crippen LogP contribution in [0, 0.1) is 0 Å². The summed E-state index contributed by atoms with van der Waals surface area (Å²) in [6, 6.07) is 7.16. The lowest BCUT2D eigenvalue weighted by molar-refractivity contribution is -0.130. The van der Waals surface area contributed by atoms with Crippen LogP contribution >= 0.6 is 0 Å². The van der Waals surface area contributed by atoms with Gasteiger partial charge in [-0.25, -0.2) is 0 Å². The molecule has 8 N–H and O–H groups in total. The molecule has 0 aliphatic heterocycles. The SMILES string of the molecule is NCCCC[C@@H]([C]=O)NC(=O)[C@H](CCCCN)NC(=O)[C@@H](N)Cc1ccccc1. The molecular weight excluding hydrogens is 370 g/mol. The van der Waals surface area contributed by atoms with Gasteiger partial charge < -0.3 is 27.8 Å². The fraction of sp³-hybridized carbons (Fsp3) is 0.571. The second-order valence-corrected chi connectivity index (χ2v) is 7.11.